The van der Waals surface area contributed by atoms with Gasteiger partial charge in [-0.1, -0.05) is 12.1 Å². The van der Waals surface area contributed by atoms with Crippen molar-refractivity contribution in [2.24, 2.45) is 0 Å². The van der Waals surface area contributed by atoms with E-state index in [0.29, 0.717) is 31.3 Å². The van der Waals surface area contributed by atoms with Crippen LogP contribution in [0.1, 0.15) is 5.56 Å². The minimum Gasteiger partial charge on any atom is -0.480 e. The Balaban J connectivity index is 1.55. The summed E-state index contributed by atoms with van der Waals surface area (Å²) < 4.78 is 18.8. The van der Waals surface area contributed by atoms with Gasteiger partial charge in [-0.2, -0.15) is 10.1 Å². The van der Waals surface area contributed by atoms with Crippen LogP contribution in [0.25, 0.3) is 11.1 Å². The van der Waals surface area contributed by atoms with E-state index < -0.39 is 0 Å². The molecule has 2 amide bonds. The molecule has 27 heavy (non-hydrogen) atoms. The van der Waals surface area contributed by atoms with E-state index in [4.69, 9.17) is 4.74 Å². The van der Waals surface area contributed by atoms with Crippen molar-refractivity contribution in [3.8, 4) is 17.0 Å². The number of aromatic nitrogens is 3. The number of nitrogens with one attached hydrogen (secondary N) is 1. The van der Waals surface area contributed by atoms with Gasteiger partial charge < -0.3 is 9.64 Å². The number of rotatable bonds is 5. The van der Waals surface area contributed by atoms with Crippen molar-refractivity contribution in [2.45, 2.75) is 6.54 Å². The molecule has 0 unspecified atom stereocenters. The quantitative estimate of drug-likeness (QED) is 0.752. The molecule has 3 heterocycles. The Labute approximate surface area is 155 Å². The van der Waals surface area contributed by atoms with E-state index in [1.165, 1.54) is 19.2 Å². The molecular weight excluding hydrogens is 349 g/mol. The highest BCUT2D eigenvalue weighted by molar-refractivity contribution is 5.93. The van der Waals surface area contributed by atoms with Crippen molar-refractivity contribution in [2.75, 3.05) is 25.1 Å². The van der Waals surface area contributed by atoms with Crippen molar-refractivity contribution < 1.29 is 13.9 Å². The van der Waals surface area contributed by atoms with Crippen molar-refractivity contribution in [3.63, 3.8) is 0 Å². The minimum absolute atomic E-state index is 0.162. The van der Waals surface area contributed by atoms with Gasteiger partial charge in [-0.25, -0.2) is 9.18 Å². The predicted molar refractivity (Wildman–Crippen MR) is 97.9 cm³/mol. The number of aromatic amines is 1. The molecule has 138 valence electrons. The van der Waals surface area contributed by atoms with Crippen molar-refractivity contribution in [1.29, 1.82) is 0 Å². The van der Waals surface area contributed by atoms with E-state index in [-0.39, 0.29) is 11.8 Å². The van der Waals surface area contributed by atoms with Crippen LogP contribution in [-0.4, -0.2) is 46.3 Å². The van der Waals surface area contributed by atoms with E-state index in [2.05, 4.69) is 15.2 Å². The molecule has 0 saturated carbocycles. The Morgan fingerprint density at radius 3 is 2.89 bits per heavy atom. The van der Waals surface area contributed by atoms with E-state index in [9.17, 15) is 9.18 Å². The van der Waals surface area contributed by atoms with E-state index in [1.54, 1.807) is 40.4 Å². The second-order valence-electron chi connectivity index (χ2n) is 6.20. The highest BCUT2D eigenvalue weighted by Gasteiger charge is 2.31. The fraction of sp³-hybridized carbons (Fsp3) is 0.211. The summed E-state index contributed by atoms with van der Waals surface area (Å²) >= 11 is 0. The lowest BCUT2D eigenvalue weighted by molar-refractivity contribution is 0.218. The number of benzene rings is 1. The third-order valence-corrected chi connectivity index (χ3v) is 4.48. The number of amides is 2. The van der Waals surface area contributed by atoms with Gasteiger partial charge in [-0.3, -0.25) is 10.00 Å². The molecular formula is C19H18FN5O2. The largest absolute Gasteiger partial charge is 0.480 e. The Hall–Kier alpha value is -3.42. The number of halogens is 1. The maximum Gasteiger partial charge on any atom is 0.326 e. The average molecular weight is 367 g/mol. The summed E-state index contributed by atoms with van der Waals surface area (Å²) in [6.07, 6.45) is 3.43. The number of hydrogen-bond donors (Lipinski definition) is 1. The van der Waals surface area contributed by atoms with Crippen molar-refractivity contribution in [3.05, 3.63) is 60.2 Å². The number of hydrogen-bond acceptors (Lipinski definition) is 4. The number of nitrogens with zero attached hydrogens (tertiary/aromatic N) is 4. The Kier molecular flexibility index (Phi) is 4.45. The number of H-pyrrole nitrogens is 1. The van der Waals surface area contributed by atoms with Gasteiger partial charge in [0.1, 0.15) is 11.6 Å². The molecule has 1 fully saturated rings. The number of carbonyl (C=O) groups is 1. The molecule has 1 aromatic carbocycles. The van der Waals surface area contributed by atoms with Gasteiger partial charge in [-0.15, -0.1) is 0 Å². The third-order valence-electron chi connectivity index (χ3n) is 4.48. The fourth-order valence-electron chi connectivity index (χ4n) is 3.15. The number of pyridine rings is 1. The molecule has 0 bridgehead atoms. The van der Waals surface area contributed by atoms with Crippen molar-refractivity contribution >= 4 is 11.8 Å². The zero-order valence-corrected chi connectivity index (χ0v) is 14.7. The molecule has 0 atom stereocenters. The standard InChI is InChI=1S/C19H18FN5O2/c1-27-18-16(14-10-21-22-11-14)5-6-17(23-18)25-8-7-24(19(25)26)12-13-3-2-4-15(20)9-13/h2-6,9-11H,7-8,12H2,1H3,(H,21,22). The predicted octanol–water partition coefficient (Wildman–Crippen LogP) is 3.06. The van der Waals surface area contributed by atoms with Crippen LogP contribution in [0, 0.1) is 5.82 Å². The fourth-order valence-corrected chi connectivity index (χ4v) is 3.15. The molecule has 1 N–H and O–H groups in total. The highest BCUT2D eigenvalue weighted by Crippen LogP contribution is 2.31. The van der Waals surface area contributed by atoms with Gasteiger partial charge >= 0.3 is 6.03 Å². The van der Waals surface area contributed by atoms with Gasteiger partial charge in [-0.05, 0) is 29.8 Å². The molecule has 1 aliphatic heterocycles. The van der Waals surface area contributed by atoms with Crippen LogP contribution in [0.15, 0.2) is 48.8 Å². The minimum atomic E-state index is -0.308. The summed E-state index contributed by atoms with van der Waals surface area (Å²) in [5, 5.41) is 6.69. The first kappa shape index (κ1) is 17.0. The average Bonchev–Trinajstić information content (AvgIpc) is 3.32. The second kappa shape index (κ2) is 7.06. The molecule has 4 rings (SSSR count). The Bertz CT molecular complexity index is 960. The van der Waals surface area contributed by atoms with Gasteiger partial charge in [0.2, 0.25) is 5.88 Å². The molecule has 0 radical (unpaired) electrons. The molecule has 8 heteroatoms. The summed E-state index contributed by atoms with van der Waals surface area (Å²) in [6, 6.07) is 9.76. The van der Waals surface area contributed by atoms with E-state index in [1.807, 2.05) is 6.07 Å². The van der Waals surface area contributed by atoms with Crippen LogP contribution in [0.5, 0.6) is 5.88 Å². The zero-order valence-electron chi connectivity index (χ0n) is 14.7. The normalized spacial score (nSPS) is 14.1. The van der Waals surface area contributed by atoms with Crippen LogP contribution in [-0.2, 0) is 6.54 Å². The van der Waals surface area contributed by atoms with Crippen molar-refractivity contribution in [1.82, 2.24) is 20.1 Å². The third kappa shape index (κ3) is 3.33. The SMILES string of the molecule is COc1nc(N2CCN(Cc3cccc(F)c3)C2=O)ccc1-c1cn[nH]c1. The monoisotopic (exact) mass is 367 g/mol. The molecule has 1 aliphatic rings. The summed E-state index contributed by atoms with van der Waals surface area (Å²) in [5.74, 6) is 0.633. The molecule has 3 aromatic rings. The number of urea groups is 1. The summed E-state index contributed by atoms with van der Waals surface area (Å²) in [6.45, 7) is 1.41. The Morgan fingerprint density at radius 1 is 1.26 bits per heavy atom. The number of carbonyl (C=O) groups excluding carboxylic acids is 1. The first-order valence-electron chi connectivity index (χ1n) is 8.51. The lowest BCUT2D eigenvalue weighted by atomic mass is 10.1. The highest BCUT2D eigenvalue weighted by atomic mass is 19.1. The van der Waals surface area contributed by atoms with Crippen LogP contribution in [0.2, 0.25) is 0 Å². The molecule has 2 aromatic heterocycles. The van der Waals surface area contributed by atoms with Gasteiger partial charge in [0.15, 0.2) is 0 Å². The summed E-state index contributed by atoms with van der Waals surface area (Å²) in [5.41, 5.74) is 2.40. The topological polar surface area (TPSA) is 74.3 Å². The summed E-state index contributed by atoms with van der Waals surface area (Å²) in [7, 11) is 1.54. The van der Waals surface area contributed by atoms with Crippen LogP contribution in [0.4, 0.5) is 15.0 Å². The van der Waals surface area contributed by atoms with Crippen LogP contribution in [0.3, 0.4) is 0 Å². The summed E-state index contributed by atoms with van der Waals surface area (Å²) in [4.78, 5) is 20.5. The molecule has 0 aliphatic carbocycles. The number of anilines is 1. The van der Waals surface area contributed by atoms with Gasteiger partial charge in [0, 0.05) is 37.0 Å². The lowest BCUT2D eigenvalue weighted by Crippen LogP contribution is -2.32. The van der Waals surface area contributed by atoms with E-state index in [0.717, 1.165) is 16.7 Å². The number of ether oxygens (including phenoxy) is 1. The zero-order chi connectivity index (χ0) is 18.8. The van der Waals surface area contributed by atoms with Gasteiger partial charge in [0.25, 0.3) is 0 Å². The first-order valence-corrected chi connectivity index (χ1v) is 8.51. The molecule has 7 nitrogen and oxygen atoms in total. The lowest BCUT2D eigenvalue weighted by Gasteiger charge is -2.19. The maximum absolute atomic E-state index is 13.4. The number of methoxy groups -OCH3 is 1. The van der Waals surface area contributed by atoms with E-state index >= 15 is 0 Å². The smallest absolute Gasteiger partial charge is 0.326 e. The Morgan fingerprint density at radius 2 is 2.15 bits per heavy atom. The maximum atomic E-state index is 13.4. The molecule has 1 saturated heterocycles. The second-order valence-corrected chi connectivity index (χ2v) is 6.20. The van der Waals surface area contributed by atoms with Crippen LogP contribution < -0.4 is 9.64 Å². The van der Waals surface area contributed by atoms with Crippen LogP contribution >= 0.6 is 0 Å². The van der Waals surface area contributed by atoms with Gasteiger partial charge in [0.05, 0.1) is 13.3 Å². The molecule has 0 spiro atoms. The first-order chi connectivity index (χ1) is 13.2.